The van der Waals surface area contributed by atoms with Gasteiger partial charge in [0.25, 0.3) is 5.91 Å². The monoisotopic (exact) mass is 228 g/mol. The van der Waals surface area contributed by atoms with Gasteiger partial charge in [-0.05, 0) is 12.7 Å². The Hall–Kier alpha value is -1.17. The van der Waals surface area contributed by atoms with E-state index in [-0.39, 0.29) is 11.9 Å². The van der Waals surface area contributed by atoms with Gasteiger partial charge in [0.15, 0.2) is 0 Å². The molecule has 1 unspecified atom stereocenters. The number of aromatic amines is 1. The Morgan fingerprint density at radius 3 is 3.07 bits per heavy atom. The van der Waals surface area contributed by atoms with Crippen LogP contribution in [0.3, 0.4) is 0 Å². The van der Waals surface area contributed by atoms with Crippen molar-refractivity contribution >= 4 is 23.5 Å². The second kappa shape index (κ2) is 5.65. The Morgan fingerprint density at radius 1 is 1.80 bits per heavy atom. The Kier molecular flexibility index (Phi) is 4.48. The lowest BCUT2D eigenvalue weighted by atomic mass is 10.3. The number of anilines is 1. The molecule has 0 radical (unpaired) electrons. The number of amides is 1. The third-order valence-corrected chi connectivity index (χ3v) is 2.94. The zero-order chi connectivity index (χ0) is 11.3. The molecule has 0 aliphatic heterocycles. The van der Waals surface area contributed by atoms with E-state index in [1.165, 1.54) is 6.07 Å². The molecule has 1 aromatic rings. The summed E-state index contributed by atoms with van der Waals surface area (Å²) in [5.74, 6) is 2.13. The van der Waals surface area contributed by atoms with Crippen LogP contribution in [0.4, 0.5) is 5.82 Å². The van der Waals surface area contributed by atoms with Crippen LogP contribution in [0.15, 0.2) is 6.07 Å². The van der Waals surface area contributed by atoms with E-state index in [0.717, 1.165) is 11.5 Å². The molecule has 0 saturated carbocycles. The van der Waals surface area contributed by atoms with Crippen molar-refractivity contribution in [2.75, 3.05) is 17.2 Å². The van der Waals surface area contributed by atoms with Gasteiger partial charge in [-0.3, -0.25) is 9.89 Å². The molecular formula is C9H16N4OS. The highest BCUT2D eigenvalue weighted by Crippen LogP contribution is 2.04. The summed E-state index contributed by atoms with van der Waals surface area (Å²) in [4.78, 5) is 11.6. The minimum Gasteiger partial charge on any atom is -0.382 e. The molecule has 6 heteroatoms. The van der Waals surface area contributed by atoms with E-state index < -0.39 is 0 Å². The average Bonchev–Trinajstić information content (AvgIpc) is 2.61. The maximum absolute atomic E-state index is 11.6. The lowest BCUT2D eigenvalue weighted by molar-refractivity contribution is 0.0938. The fourth-order valence-corrected chi connectivity index (χ4v) is 1.76. The van der Waals surface area contributed by atoms with E-state index in [1.807, 2.05) is 6.92 Å². The standard InChI is InChI=1S/C9H16N4OS/c1-3-15-5-6(2)11-9(14)7-4-8(10)13-12-7/h4,6H,3,5H2,1-2H3,(H,11,14)(H3,10,12,13). The van der Waals surface area contributed by atoms with Crippen LogP contribution in [0, 0.1) is 0 Å². The van der Waals surface area contributed by atoms with Gasteiger partial charge in [0.1, 0.15) is 11.5 Å². The van der Waals surface area contributed by atoms with Crippen molar-refractivity contribution in [3.05, 3.63) is 11.8 Å². The summed E-state index contributed by atoms with van der Waals surface area (Å²) in [6.07, 6.45) is 0. The first kappa shape index (κ1) is 11.9. The van der Waals surface area contributed by atoms with Crippen LogP contribution < -0.4 is 11.1 Å². The summed E-state index contributed by atoms with van der Waals surface area (Å²) in [7, 11) is 0. The first-order valence-electron chi connectivity index (χ1n) is 4.83. The predicted octanol–water partition coefficient (Wildman–Crippen LogP) is 0.863. The summed E-state index contributed by atoms with van der Waals surface area (Å²) >= 11 is 1.79. The van der Waals surface area contributed by atoms with E-state index in [2.05, 4.69) is 22.4 Å². The first-order chi connectivity index (χ1) is 7.13. The highest BCUT2D eigenvalue weighted by atomic mass is 32.2. The predicted molar refractivity (Wildman–Crippen MR) is 62.9 cm³/mol. The molecule has 1 amide bonds. The van der Waals surface area contributed by atoms with Gasteiger partial charge in [0.05, 0.1) is 0 Å². The summed E-state index contributed by atoms with van der Waals surface area (Å²) < 4.78 is 0. The maximum Gasteiger partial charge on any atom is 0.269 e. The minimum atomic E-state index is -0.164. The van der Waals surface area contributed by atoms with Crippen LogP contribution in [-0.4, -0.2) is 33.7 Å². The Bertz CT molecular complexity index is 326. The number of hydrogen-bond acceptors (Lipinski definition) is 4. The van der Waals surface area contributed by atoms with Gasteiger partial charge >= 0.3 is 0 Å². The molecule has 0 bridgehead atoms. The number of thioether (sulfide) groups is 1. The normalized spacial score (nSPS) is 12.4. The molecule has 0 saturated heterocycles. The molecule has 84 valence electrons. The number of hydrogen-bond donors (Lipinski definition) is 3. The van der Waals surface area contributed by atoms with Gasteiger partial charge in [-0.25, -0.2) is 0 Å². The molecule has 1 rings (SSSR count). The number of nitrogens with zero attached hydrogens (tertiary/aromatic N) is 1. The third kappa shape index (κ3) is 3.83. The molecule has 0 fully saturated rings. The number of carbonyl (C=O) groups is 1. The van der Waals surface area contributed by atoms with Gasteiger partial charge in [0.2, 0.25) is 0 Å². The Morgan fingerprint density at radius 2 is 2.53 bits per heavy atom. The van der Waals surface area contributed by atoms with Crippen LogP contribution in [0.2, 0.25) is 0 Å². The molecular weight excluding hydrogens is 212 g/mol. The zero-order valence-electron chi connectivity index (χ0n) is 8.91. The smallest absolute Gasteiger partial charge is 0.269 e. The molecule has 0 aromatic carbocycles. The largest absolute Gasteiger partial charge is 0.382 e. The molecule has 4 N–H and O–H groups in total. The summed E-state index contributed by atoms with van der Waals surface area (Å²) in [5, 5.41) is 9.12. The van der Waals surface area contributed by atoms with E-state index >= 15 is 0 Å². The van der Waals surface area contributed by atoms with Crippen molar-refractivity contribution < 1.29 is 4.79 Å². The van der Waals surface area contributed by atoms with Crippen molar-refractivity contribution in [2.45, 2.75) is 19.9 Å². The van der Waals surface area contributed by atoms with Gasteiger partial charge in [-0.15, -0.1) is 0 Å². The van der Waals surface area contributed by atoms with Crippen molar-refractivity contribution in [1.82, 2.24) is 15.5 Å². The molecule has 0 aliphatic rings. The highest BCUT2D eigenvalue weighted by Gasteiger charge is 2.11. The van der Waals surface area contributed by atoms with Crippen LogP contribution in [0.25, 0.3) is 0 Å². The quantitative estimate of drug-likeness (QED) is 0.698. The topological polar surface area (TPSA) is 83.8 Å². The number of H-pyrrole nitrogens is 1. The van der Waals surface area contributed by atoms with E-state index in [4.69, 9.17) is 5.73 Å². The van der Waals surface area contributed by atoms with Crippen molar-refractivity contribution in [2.24, 2.45) is 0 Å². The van der Waals surface area contributed by atoms with Gasteiger partial charge in [0, 0.05) is 17.9 Å². The maximum atomic E-state index is 11.6. The molecule has 1 atom stereocenters. The van der Waals surface area contributed by atoms with Crippen molar-refractivity contribution in [3.8, 4) is 0 Å². The SMILES string of the molecule is CCSCC(C)NC(=O)c1cc(N)n[nH]1. The average molecular weight is 228 g/mol. The van der Waals surface area contributed by atoms with E-state index in [1.54, 1.807) is 11.8 Å². The van der Waals surface area contributed by atoms with Crippen LogP contribution in [-0.2, 0) is 0 Å². The van der Waals surface area contributed by atoms with Crippen molar-refractivity contribution in [3.63, 3.8) is 0 Å². The minimum absolute atomic E-state index is 0.145. The summed E-state index contributed by atoms with van der Waals surface area (Å²) in [6, 6.07) is 1.67. The highest BCUT2D eigenvalue weighted by molar-refractivity contribution is 7.99. The molecule has 0 aliphatic carbocycles. The van der Waals surface area contributed by atoms with Crippen LogP contribution in [0.5, 0.6) is 0 Å². The van der Waals surface area contributed by atoms with Crippen LogP contribution in [0.1, 0.15) is 24.3 Å². The lowest BCUT2D eigenvalue weighted by Gasteiger charge is -2.11. The molecule has 5 nitrogen and oxygen atoms in total. The molecule has 1 aromatic heterocycles. The van der Waals surface area contributed by atoms with Gasteiger partial charge < -0.3 is 11.1 Å². The second-order valence-electron chi connectivity index (χ2n) is 3.24. The van der Waals surface area contributed by atoms with Crippen LogP contribution >= 0.6 is 11.8 Å². The number of nitrogen functional groups attached to an aromatic ring is 1. The molecule has 0 spiro atoms. The van der Waals surface area contributed by atoms with E-state index in [9.17, 15) is 4.79 Å². The first-order valence-corrected chi connectivity index (χ1v) is 5.98. The fraction of sp³-hybridized carbons (Fsp3) is 0.556. The molecule has 1 heterocycles. The summed E-state index contributed by atoms with van der Waals surface area (Å²) in [5.41, 5.74) is 5.80. The number of nitrogens with one attached hydrogen (secondary N) is 2. The van der Waals surface area contributed by atoms with Gasteiger partial charge in [-0.2, -0.15) is 16.9 Å². The van der Waals surface area contributed by atoms with Gasteiger partial charge in [-0.1, -0.05) is 6.92 Å². The number of nitrogens with two attached hydrogens (primary N) is 1. The van der Waals surface area contributed by atoms with Crippen molar-refractivity contribution in [1.29, 1.82) is 0 Å². The van der Waals surface area contributed by atoms with E-state index in [0.29, 0.717) is 11.5 Å². The Labute approximate surface area is 93.2 Å². The number of carbonyl (C=O) groups excluding carboxylic acids is 1. The fourth-order valence-electron chi connectivity index (χ4n) is 1.09. The third-order valence-electron chi connectivity index (χ3n) is 1.79. The Balaban J connectivity index is 2.42. The second-order valence-corrected chi connectivity index (χ2v) is 4.56. The molecule has 15 heavy (non-hydrogen) atoms. The lowest BCUT2D eigenvalue weighted by Crippen LogP contribution is -2.34. The summed E-state index contributed by atoms with van der Waals surface area (Å²) in [6.45, 7) is 4.06. The number of aromatic nitrogens is 2. The number of rotatable bonds is 5. The zero-order valence-corrected chi connectivity index (χ0v) is 9.73.